The summed E-state index contributed by atoms with van der Waals surface area (Å²) in [5.41, 5.74) is 3.06. The molecule has 0 spiro atoms. The predicted octanol–water partition coefficient (Wildman–Crippen LogP) is 6.78. The average Bonchev–Trinajstić information content (AvgIpc) is 2.96. The summed E-state index contributed by atoms with van der Waals surface area (Å²) in [6.07, 6.45) is -7.70. The van der Waals surface area contributed by atoms with E-state index in [4.69, 9.17) is 10.5 Å². The van der Waals surface area contributed by atoms with Crippen molar-refractivity contribution in [3.8, 4) is 11.5 Å². The van der Waals surface area contributed by atoms with Crippen LogP contribution in [-0.4, -0.2) is 4.98 Å². The van der Waals surface area contributed by atoms with Gasteiger partial charge in [-0.2, -0.15) is 26.3 Å². The molecule has 1 heterocycles. The highest BCUT2D eigenvalue weighted by Gasteiger charge is 2.42. The first-order valence-corrected chi connectivity index (χ1v) is 8.72. The predicted molar refractivity (Wildman–Crippen MR) is 97.8 cm³/mol. The Bertz CT molecular complexity index is 999. The third-order valence-electron chi connectivity index (χ3n) is 4.31. The lowest BCUT2D eigenvalue weighted by Gasteiger charge is -2.20. The first-order valence-electron chi connectivity index (χ1n) is 8.72. The molecule has 2 aromatic carbocycles. The molecule has 0 fully saturated rings. The zero-order valence-corrected chi connectivity index (χ0v) is 15.5. The van der Waals surface area contributed by atoms with Gasteiger partial charge in [-0.25, -0.2) is 0 Å². The van der Waals surface area contributed by atoms with Crippen LogP contribution in [0.1, 0.15) is 30.5 Å². The number of alkyl halides is 6. The van der Waals surface area contributed by atoms with Gasteiger partial charge in [-0.15, -0.1) is 0 Å². The fraction of sp³-hybridized carbons (Fsp3) is 0.300. The van der Waals surface area contributed by atoms with Gasteiger partial charge in [-0.3, -0.25) is 0 Å². The summed E-state index contributed by atoms with van der Waals surface area (Å²) in [5, 5.41) is 0.675. The van der Waals surface area contributed by atoms with Gasteiger partial charge in [0.1, 0.15) is 16.9 Å². The van der Waals surface area contributed by atoms with Crippen molar-refractivity contribution in [1.82, 2.24) is 4.98 Å². The molecule has 0 atom stereocenters. The van der Waals surface area contributed by atoms with Crippen LogP contribution in [-0.2, 0) is 18.8 Å². The van der Waals surface area contributed by atoms with Crippen LogP contribution >= 0.6 is 0 Å². The largest absolute Gasteiger partial charge is 0.456 e. The van der Waals surface area contributed by atoms with Gasteiger partial charge in [0.15, 0.2) is 5.75 Å². The maximum atomic E-state index is 13.4. The summed E-state index contributed by atoms with van der Waals surface area (Å²) in [7, 11) is 0. The molecule has 0 saturated heterocycles. The lowest BCUT2D eigenvalue weighted by molar-refractivity contribution is -0.144. The van der Waals surface area contributed by atoms with Crippen LogP contribution in [0.25, 0.3) is 10.9 Å². The molecule has 0 bridgehead atoms. The lowest BCUT2D eigenvalue weighted by atomic mass is 10.0. The van der Waals surface area contributed by atoms with Crippen molar-refractivity contribution in [2.45, 2.75) is 32.6 Å². The Labute approximate surface area is 162 Å². The fourth-order valence-corrected chi connectivity index (χ4v) is 3.13. The number of hydrogen-bond donors (Lipinski definition) is 2. The number of hydrogen-bond acceptors (Lipinski definition) is 2. The molecule has 0 radical (unpaired) electrons. The van der Waals surface area contributed by atoms with E-state index in [2.05, 4.69) is 4.98 Å². The molecule has 0 aliphatic carbocycles. The van der Waals surface area contributed by atoms with E-state index in [1.165, 1.54) is 12.1 Å². The standard InChI is InChI=1S/C20H18F6N2O/c1-10(2)5-11-9-28-17-4-3-13(8-14(11)17)29-18-15(19(21,22)23)6-12(27)7-16(18)20(24,25)26/h3-4,6-10,28H,5,27H2,1-2H3. The van der Waals surface area contributed by atoms with Crippen molar-refractivity contribution >= 4 is 16.6 Å². The van der Waals surface area contributed by atoms with Crippen LogP contribution in [0.4, 0.5) is 32.0 Å². The van der Waals surface area contributed by atoms with E-state index in [0.29, 0.717) is 35.4 Å². The zero-order valence-electron chi connectivity index (χ0n) is 15.5. The smallest absolute Gasteiger partial charge is 0.420 e. The molecule has 0 aliphatic rings. The quantitative estimate of drug-likeness (QED) is 0.364. The van der Waals surface area contributed by atoms with E-state index < -0.39 is 34.9 Å². The molecule has 0 aliphatic heterocycles. The minimum absolute atomic E-state index is 0.136. The Morgan fingerprint density at radius 1 is 0.966 bits per heavy atom. The van der Waals surface area contributed by atoms with E-state index in [1.54, 1.807) is 12.3 Å². The van der Waals surface area contributed by atoms with E-state index in [1.807, 2.05) is 13.8 Å². The van der Waals surface area contributed by atoms with Gasteiger partial charge in [-0.05, 0) is 48.2 Å². The molecule has 0 amide bonds. The van der Waals surface area contributed by atoms with Gasteiger partial charge in [0, 0.05) is 22.8 Å². The molecule has 9 heteroatoms. The Hall–Kier alpha value is -2.84. The summed E-state index contributed by atoms with van der Waals surface area (Å²) in [5.74, 6) is -1.15. The average molecular weight is 416 g/mol. The number of nitrogens with two attached hydrogens (primary N) is 1. The number of benzene rings is 2. The van der Waals surface area contributed by atoms with E-state index in [9.17, 15) is 26.3 Å². The molecule has 0 unspecified atom stereocenters. The van der Waals surface area contributed by atoms with Gasteiger partial charge in [-0.1, -0.05) is 13.8 Å². The van der Waals surface area contributed by atoms with Crippen molar-refractivity contribution in [3.63, 3.8) is 0 Å². The first-order chi connectivity index (χ1) is 13.4. The number of nitrogens with one attached hydrogen (secondary N) is 1. The molecule has 3 N–H and O–H groups in total. The third kappa shape index (κ3) is 4.44. The highest BCUT2D eigenvalue weighted by atomic mass is 19.4. The maximum absolute atomic E-state index is 13.4. The van der Waals surface area contributed by atoms with Crippen LogP contribution in [0, 0.1) is 5.92 Å². The summed E-state index contributed by atoms with van der Waals surface area (Å²) >= 11 is 0. The molecule has 3 aromatic rings. The number of nitrogen functional groups attached to an aromatic ring is 1. The Morgan fingerprint density at radius 3 is 2.07 bits per heavy atom. The van der Waals surface area contributed by atoms with E-state index in [-0.39, 0.29) is 5.75 Å². The number of aromatic nitrogens is 1. The van der Waals surface area contributed by atoms with Gasteiger partial charge in [0.2, 0.25) is 0 Å². The number of rotatable bonds is 4. The highest BCUT2D eigenvalue weighted by Crippen LogP contribution is 2.47. The van der Waals surface area contributed by atoms with Gasteiger partial charge < -0.3 is 15.5 Å². The number of anilines is 1. The summed E-state index contributed by atoms with van der Waals surface area (Å²) in [6, 6.07) is 5.16. The van der Waals surface area contributed by atoms with Crippen LogP contribution in [0.2, 0.25) is 0 Å². The molecular weight excluding hydrogens is 398 g/mol. The van der Waals surface area contributed by atoms with Crippen LogP contribution in [0.5, 0.6) is 11.5 Å². The highest BCUT2D eigenvalue weighted by molar-refractivity contribution is 5.84. The second kappa shape index (κ2) is 7.20. The number of ether oxygens (including phenoxy) is 1. The Kier molecular flexibility index (Phi) is 5.19. The van der Waals surface area contributed by atoms with Gasteiger partial charge in [0.05, 0.1) is 0 Å². The molecule has 3 rings (SSSR count). The van der Waals surface area contributed by atoms with E-state index >= 15 is 0 Å². The molecule has 156 valence electrons. The normalized spacial score (nSPS) is 12.7. The van der Waals surface area contributed by atoms with Gasteiger partial charge in [0.25, 0.3) is 0 Å². The van der Waals surface area contributed by atoms with Crippen molar-refractivity contribution in [2.24, 2.45) is 5.92 Å². The lowest BCUT2D eigenvalue weighted by Crippen LogP contribution is -2.15. The second-order valence-electron chi connectivity index (χ2n) is 7.16. The number of aromatic amines is 1. The molecule has 1 aromatic heterocycles. The van der Waals surface area contributed by atoms with Gasteiger partial charge >= 0.3 is 12.4 Å². The summed E-state index contributed by atoms with van der Waals surface area (Å²) < 4.78 is 85.6. The molecule has 0 saturated carbocycles. The molecular formula is C20H18F6N2O. The topological polar surface area (TPSA) is 51.0 Å². The summed E-state index contributed by atoms with van der Waals surface area (Å²) in [6.45, 7) is 4.00. The summed E-state index contributed by atoms with van der Waals surface area (Å²) in [4.78, 5) is 3.03. The number of fused-ring (bicyclic) bond motifs is 1. The monoisotopic (exact) mass is 416 g/mol. The minimum atomic E-state index is -5.08. The number of halogens is 6. The SMILES string of the molecule is CC(C)Cc1c[nH]c2ccc(Oc3c(C(F)(F)F)cc(N)cc3C(F)(F)F)cc12. The van der Waals surface area contributed by atoms with Crippen LogP contribution in [0.3, 0.4) is 0 Å². The third-order valence-corrected chi connectivity index (χ3v) is 4.31. The van der Waals surface area contributed by atoms with Crippen molar-refractivity contribution in [3.05, 3.63) is 53.2 Å². The van der Waals surface area contributed by atoms with Crippen molar-refractivity contribution in [1.29, 1.82) is 0 Å². The Balaban J connectivity index is 2.14. The molecule has 29 heavy (non-hydrogen) atoms. The zero-order chi connectivity index (χ0) is 21.6. The van der Waals surface area contributed by atoms with E-state index in [0.717, 1.165) is 5.56 Å². The van der Waals surface area contributed by atoms with Crippen molar-refractivity contribution in [2.75, 3.05) is 5.73 Å². The molecule has 3 nitrogen and oxygen atoms in total. The van der Waals surface area contributed by atoms with Crippen LogP contribution < -0.4 is 10.5 Å². The second-order valence-corrected chi connectivity index (χ2v) is 7.16. The Morgan fingerprint density at radius 2 is 1.55 bits per heavy atom. The van der Waals surface area contributed by atoms with Crippen LogP contribution in [0.15, 0.2) is 36.5 Å². The minimum Gasteiger partial charge on any atom is -0.456 e. The number of H-pyrrole nitrogens is 1. The van der Waals surface area contributed by atoms with Crippen molar-refractivity contribution < 1.29 is 31.1 Å². The first kappa shape index (κ1) is 20.9. The maximum Gasteiger partial charge on any atom is 0.420 e. The fourth-order valence-electron chi connectivity index (χ4n) is 3.13.